The Labute approximate surface area is 124 Å². The van der Waals surface area contributed by atoms with E-state index < -0.39 is 6.17 Å². The Morgan fingerprint density at radius 2 is 2.19 bits per heavy atom. The van der Waals surface area contributed by atoms with E-state index >= 15 is 0 Å². The van der Waals surface area contributed by atoms with E-state index in [2.05, 4.69) is 4.90 Å². The van der Waals surface area contributed by atoms with Crippen molar-refractivity contribution in [1.82, 2.24) is 4.90 Å². The highest BCUT2D eigenvalue weighted by molar-refractivity contribution is 5.85. The van der Waals surface area contributed by atoms with Crippen LogP contribution >= 0.6 is 0 Å². The summed E-state index contributed by atoms with van der Waals surface area (Å²) >= 11 is 0. The molecule has 0 radical (unpaired) electrons. The predicted octanol–water partition coefficient (Wildman–Crippen LogP) is 2.10. The summed E-state index contributed by atoms with van der Waals surface area (Å²) in [6.45, 7) is 4.82. The molecule has 0 aromatic heterocycles. The predicted molar refractivity (Wildman–Crippen MR) is 81.9 cm³/mol. The number of aryl methyl sites for hydroxylation is 1. The van der Waals surface area contributed by atoms with Crippen LogP contribution in [-0.4, -0.2) is 49.6 Å². The molecule has 3 rings (SSSR count). The molecule has 2 aliphatic rings. The molecule has 1 aromatic carbocycles. The van der Waals surface area contributed by atoms with Crippen molar-refractivity contribution in [2.45, 2.75) is 31.5 Å². The third-order valence-electron chi connectivity index (χ3n) is 4.74. The second-order valence-electron chi connectivity index (χ2n) is 6.08. The lowest BCUT2D eigenvalue weighted by molar-refractivity contribution is -0.0807. The second kappa shape index (κ2) is 5.73. The maximum absolute atomic E-state index is 14.6. The Morgan fingerprint density at radius 1 is 1.43 bits per heavy atom. The zero-order valence-corrected chi connectivity index (χ0v) is 12.3. The SMILES string of the molecule is Cc1cc(C=N)c(N)cc1C1CCN(C2COC2)CC1F. The number of piperidine rings is 1. The lowest BCUT2D eigenvalue weighted by atomic mass is 9.84. The summed E-state index contributed by atoms with van der Waals surface area (Å²) in [6, 6.07) is 4.14. The van der Waals surface area contributed by atoms with Gasteiger partial charge in [-0.05, 0) is 43.1 Å². The highest BCUT2D eigenvalue weighted by Crippen LogP contribution is 2.35. The van der Waals surface area contributed by atoms with Crippen molar-refractivity contribution < 1.29 is 9.13 Å². The van der Waals surface area contributed by atoms with Gasteiger partial charge in [0.25, 0.3) is 0 Å². The summed E-state index contributed by atoms with van der Waals surface area (Å²) in [7, 11) is 0. The monoisotopic (exact) mass is 291 g/mol. The fourth-order valence-corrected chi connectivity index (χ4v) is 3.33. The minimum Gasteiger partial charge on any atom is -0.398 e. The summed E-state index contributed by atoms with van der Waals surface area (Å²) in [5.41, 5.74) is 9.24. The maximum Gasteiger partial charge on any atom is 0.120 e. The number of anilines is 1. The average molecular weight is 291 g/mol. The van der Waals surface area contributed by atoms with Crippen LogP contribution in [0.3, 0.4) is 0 Å². The molecule has 2 atom stereocenters. The topological polar surface area (TPSA) is 62.3 Å². The van der Waals surface area contributed by atoms with Crippen molar-refractivity contribution in [1.29, 1.82) is 5.41 Å². The highest BCUT2D eigenvalue weighted by Gasteiger charge is 2.36. The van der Waals surface area contributed by atoms with E-state index in [4.69, 9.17) is 15.9 Å². The summed E-state index contributed by atoms with van der Waals surface area (Å²) in [6.07, 6.45) is 1.18. The van der Waals surface area contributed by atoms with E-state index in [1.807, 2.05) is 19.1 Å². The fourth-order valence-electron chi connectivity index (χ4n) is 3.33. The Morgan fingerprint density at radius 3 is 2.76 bits per heavy atom. The average Bonchev–Trinajstić information content (AvgIpc) is 2.39. The zero-order valence-electron chi connectivity index (χ0n) is 12.3. The van der Waals surface area contributed by atoms with Crippen LogP contribution in [0.1, 0.15) is 29.0 Å². The molecule has 2 unspecified atom stereocenters. The first kappa shape index (κ1) is 14.5. The quantitative estimate of drug-likeness (QED) is 0.662. The largest absolute Gasteiger partial charge is 0.398 e. The summed E-state index contributed by atoms with van der Waals surface area (Å²) < 4.78 is 19.8. The van der Waals surface area contributed by atoms with Gasteiger partial charge in [-0.1, -0.05) is 0 Å². The van der Waals surface area contributed by atoms with Gasteiger partial charge in [-0.15, -0.1) is 0 Å². The van der Waals surface area contributed by atoms with Crippen molar-refractivity contribution in [3.05, 3.63) is 28.8 Å². The van der Waals surface area contributed by atoms with Crippen molar-refractivity contribution in [3.8, 4) is 0 Å². The first-order valence-electron chi connectivity index (χ1n) is 7.46. The summed E-state index contributed by atoms with van der Waals surface area (Å²) in [5, 5.41) is 7.34. The molecule has 2 aliphatic heterocycles. The van der Waals surface area contributed by atoms with Crippen molar-refractivity contribution in [3.63, 3.8) is 0 Å². The molecule has 0 bridgehead atoms. The Bertz CT molecular complexity index is 545. The molecule has 114 valence electrons. The standard InChI is InChI=1S/C16H22FN3O/c1-10-4-11(6-18)16(19)5-14(10)13-2-3-20(7-15(13)17)12-8-21-9-12/h4-6,12-13,15,18H,2-3,7-9,19H2,1H3. The van der Waals surface area contributed by atoms with Gasteiger partial charge in [0.15, 0.2) is 0 Å². The smallest absolute Gasteiger partial charge is 0.120 e. The van der Waals surface area contributed by atoms with Gasteiger partial charge in [-0.3, -0.25) is 4.90 Å². The third kappa shape index (κ3) is 2.68. The van der Waals surface area contributed by atoms with Gasteiger partial charge in [-0.2, -0.15) is 0 Å². The number of benzene rings is 1. The number of hydrogen-bond donors (Lipinski definition) is 2. The van der Waals surface area contributed by atoms with Crippen molar-refractivity contribution in [2.75, 3.05) is 32.0 Å². The number of nitrogens with one attached hydrogen (secondary N) is 1. The molecule has 21 heavy (non-hydrogen) atoms. The molecule has 0 saturated carbocycles. The molecule has 0 amide bonds. The van der Waals surface area contributed by atoms with Gasteiger partial charge in [0, 0.05) is 29.9 Å². The first-order valence-corrected chi connectivity index (χ1v) is 7.46. The van der Waals surface area contributed by atoms with E-state index in [9.17, 15) is 4.39 Å². The van der Waals surface area contributed by atoms with E-state index in [1.165, 1.54) is 6.21 Å². The van der Waals surface area contributed by atoms with E-state index in [0.717, 1.165) is 37.3 Å². The van der Waals surface area contributed by atoms with E-state index in [0.29, 0.717) is 23.8 Å². The number of ether oxygens (including phenoxy) is 1. The summed E-state index contributed by atoms with van der Waals surface area (Å²) in [5.74, 6) is -0.0932. The fraction of sp³-hybridized carbons (Fsp3) is 0.562. The molecule has 3 N–H and O–H groups in total. The Hall–Kier alpha value is -1.46. The molecule has 2 heterocycles. The number of hydrogen-bond acceptors (Lipinski definition) is 4. The van der Waals surface area contributed by atoms with Gasteiger partial charge in [0.2, 0.25) is 0 Å². The lowest BCUT2D eigenvalue weighted by Gasteiger charge is -2.43. The number of alkyl halides is 1. The van der Waals surface area contributed by atoms with Gasteiger partial charge in [0.05, 0.1) is 19.3 Å². The van der Waals surface area contributed by atoms with Crippen molar-refractivity contribution >= 4 is 11.9 Å². The Balaban J connectivity index is 1.78. The molecule has 4 nitrogen and oxygen atoms in total. The van der Waals surface area contributed by atoms with Crippen LogP contribution in [0.5, 0.6) is 0 Å². The number of nitrogens with two attached hydrogens (primary N) is 1. The molecular weight excluding hydrogens is 269 g/mol. The maximum atomic E-state index is 14.6. The molecule has 0 aliphatic carbocycles. The van der Waals surface area contributed by atoms with Crippen LogP contribution in [0.15, 0.2) is 12.1 Å². The van der Waals surface area contributed by atoms with Gasteiger partial charge >= 0.3 is 0 Å². The Kier molecular flexibility index (Phi) is 3.95. The lowest BCUT2D eigenvalue weighted by Crippen LogP contribution is -2.54. The molecule has 2 fully saturated rings. The molecule has 0 spiro atoms. The zero-order chi connectivity index (χ0) is 15.0. The molecular formula is C16H22FN3O. The van der Waals surface area contributed by atoms with Crippen LogP contribution in [0.4, 0.5) is 10.1 Å². The van der Waals surface area contributed by atoms with Gasteiger partial charge < -0.3 is 15.9 Å². The van der Waals surface area contributed by atoms with Crippen LogP contribution in [-0.2, 0) is 4.74 Å². The van der Waals surface area contributed by atoms with E-state index in [-0.39, 0.29) is 5.92 Å². The molecule has 2 saturated heterocycles. The number of halogens is 1. The van der Waals surface area contributed by atoms with Crippen molar-refractivity contribution in [2.24, 2.45) is 0 Å². The second-order valence-corrected chi connectivity index (χ2v) is 6.08. The van der Waals surface area contributed by atoms with Gasteiger partial charge in [0.1, 0.15) is 6.17 Å². The highest BCUT2D eigenvalue weighted by atomic mass is 19.1. The van der Waals surface area contributed by atoms with Crippen LogP contribution in [0.2, 0.25) is 0 Å². The molecule has 5 heteroatoms. The summed E-state index contributed by atoms with van der Waals surface area (Å²) in [4.78, 5) is 2.20. The van der Waals surface area contributed by atoms with Crippen LogP contribution < -0.4 is 5.73 Å². The molecule has 1 aromatic rings. The normalized spacial score (nSPS) is 27.3. The number of rotatable bonds is 3. The number of likely N-dealkylation sites (tertiary alicyclic amines) is 1. The van der Waals surface area contributed by atoms with Crippen LogP contribution in [0.25, 0.3) is 0 Å². The van der Waals surface area contributed by atoms with Crippen LogP contribution in [0, 0.1) is 12.3 Å². The number of nitrogen functional groups attached to an aromatic ring is 1. The van der Waals surface area contributed by atoms with E-state index in [1.54, 1.807) is 0 Å². The van der Waals surface area contributed by atoms with Gasteiger partial charge in [-0.25, -0.2) is 4.39 Å². The minimum atomic E-state index is -0.872. The third-order valence-corrected chi connectivity index (χ3v) is 4.74. The minimum absolute atomic E-state index is 0.0932. The number of nitrogens with zero attached hydrogens (tertiary/aromatic N) is 1. The first-order chi connectivity index (χ1) is 10.1.